The van der Waals surface area contributed by atoms with Crippen LogP contribution in [0.15, 0.2) is 18.3 Å². The molecule has 1 aromatic heterocycles. The van der Waals surface area contributed by atoms with E-state index in [0.29, 0.717) is 18.3 Å². The molecule has 1 saturated heterocycles. The first kappa shape index (κ1) is 14.5. The Kier molecular flexibility index (Phi) is 4.51. The Morgan fingerprint density at radius 2 is 2.29 bits per heavy atom. The lowest BCUT2D eigenvalue weighted by molar-refractivity contribution is -0.117. The third-order valence-electron chi connectivity index (χ3n) is 4.18. The fraction of sp³-hybridized carbons (Fsp3) is 0.625. The summed E-state index contributed by atoms with van der Waals surface area (Å²) < 4.78 is 10.8. The van der Waals surface area contributed by atoms with E-state index in [2.05, 4.69) is 16.4 Å². The summed E-state index contributed by atoms with van der Waals surface area (Å²) >= 11 is 0. The van der Waals surface area contributed by atoms with Gasteiger partial charge in [-0.05, 0) is 43.2 Å². The van der Waals surface area contributed by atoms with E-state index in [1.165, 1.54) is 5.56 Å². The van der Waals surface area contributed by atoms with Crippen LogP contribution < -0.4 is 5.32 Å². The van der Waals surface area contributed by atoms with Crippen molar-refractivity contribution in [3.63, 3.8) is 0 Å². The number of rotatable bonds is 5. The summed E-state index contributed by atoms with van der Waals surface area (Å²) in [6, 6.07) is 3.96. The molecule has 114 valence electrons. The van der Waals surface area contributed by atoms with E-state index in [4.69, 9.17) is 9.47 Å². The molecule has 3 rings (SSSR count). The number of amides is 1. The van der Waals surface area contributed by atoms with E-state index in [0.717, 1.165) is 32.3 Å². The summed E-state index contributed by atoms with van der Waals surface area (Å²) in [5.74, 6) is 1.41. The number of pyridine rings is 1. The number of nitrogens with zero attached hydrogens (tertiary/aromatic N) is 1. The SMILES string of the molecule is COCC1CC(c2ccc(NC(=O)C3CC3)nc2)CCO1. The lowest BCUT2D eigenvalue weighted by Crippen LogP contribution is -2.28. The largest absolute Gasteiger partial charge is 0.382 e. The van der Waals surface area contributed by atoms with E-state index in [1.807, 2.05) is 12.3 Å². The van der Waals surface area contributed by atoms with E-state index in [9.17, 15) is 4.79 Å². The Balaban J connectivity index is 1.59. The van der Waals surface area contributed by atoms with Gasteiger partial charge in [0, 0.05) is 25.8 Å². The summed E-state index contributed by atoms with van der Waals surface area (Å²) in [6.45, 7) is 1.40. The van der Waals surface area contributed by atoms with E-state index >= 15 is 0 Å². The van der Waals surface area contributed by atoms with Crippen LogP contribution in [0.25, 0.3) is 0 Å². The molecule has 1 aromatic rings. The summed E-state index contributed by atoms with van der Waals surface area (Å²) in [5.41, 5.74) is 1.21. The van der Waals surface area contributed by atoms with Crippen LogP contribution in [0.5, 0.6) is 0 Å². The highest BCUT2D eigenvalue weighted by molar-refractivity contribution is 5.93. The predicted molar refractivity (Wildman–Crippen MR) is 79.2 cm³/mol. The Morgan fingerprint density at radius 3 is 2.95 bits per heavy atom. The average molecular weight is 290 g/mol. The van der Waals surface area contributed by atoms with E-state index in [-0.39, 0.29) is 17.9 Å². The van der Waals surface area contributed by atoms with Crippen LogP contribution in [0.3, 0.4) is 0 Å². The molecular weight excluding hydrogens is 268 g/mol. The number of nitrogens with one attached hydrogen (secondary N) is 1. The maximum Gasteiger partial charge on any atom is 0.228 e. The van der Waals surface area contributed by atoms with Gasteiger partial charge in [-0.2, -0.15) is 0 Å². The van der Waals surface area contributed by atoms with Gasteiger partial charge >= 0.3 is 0 Å². The molecule has 0 radical (unpaired) electrons. The number of anilines is 1. The van der Waals surface area contributed by atoms with Crippen molar-refractivity contribution in [2.45, 2.75) is 37.7 Å². The number of ether oxygens (including phenoxy) is 2. The number of carbonyl (C=O) groups excluding carboxylic acids is 1. The minimum absolute atomic E-state index is 0.0986. The summed E-state index contributed by atoms with van der Waals surface area (Å²) in [4.78, 5) is 16.1. The maximum absolute atomic E-state index is 11.7. The van der Waals surface area contributed by atoms with Gasteiger partial charge in [0.05, 0.1) is 12.7 Å². The number of hydrogen-bond acceptors (Lipinski definition) is 4. The topological polar surface area (TPSA) is 60.5 Å². The molecule has 1 aliphatic carbocycles. The van der Waals surface area contributed by atoms with Crippen LogP contribution in [-0.4, -0.2) is 37.3 Å². The van der Waals surface area contributed by atoms with Gasteiger partial charge in [-0.25, -0.2) is 4.98 Å². The Labute approximate surface area is 125 Å². The summed E-state index contributed by atoms with van der Waals surface area (Å²) in [5, 5.41) is 2.87. The van der Waals surface area contributed by atoms with Crippen molar-refractivity contribution in [1.82, 2.24) is 4.98 Å². The molecule has 1 aliphatic heterocycles. The molecule has 2 aliphatic rings. The van der Waals surface area contributed by atoms with Gasteiger partial charge < -0.3 is 14.8 Å². The number of aromatic nitrogens is 1. The van der Waals surface area contributed by atoms with Gasteiger partial charge in [0.1, 0.15) is 5.82 Å². The molecule has 2 unspecified atom stereocenters. The van der Waals surface area contributed by atoms with Gasteiger partial charge in [0.15, 0.2) is 0 Å². The van der Waals surface area contributed by atoms with Crippen LogP contribution in [0, 0.1) is 5.92 Å². The molecule has 1 saturated carbocycles. The normalized spacial score (nSPS) is 25.6. The quantitative estimate of drug-likeness (QED) is 0.904. The second-order valence-electron chi connectivity index (χ2n) is 5.91. The molecule has 1 amide bonds. The fourth-order valence-electron chi connectivity index (χ4n) is 2.78. The molecule has 5 nitrogen and oxygen atoms in total. The molecule has 1 N–H and O–H groups in total. The number of hydrogen-bond donors (Lipinski definition) is 1. The Bertz CT molecular complexity index is 483. The van der Waals surface area contributed by atoms with Crippen molar-refractivity contribution < 1.29 is 14.3 Å². The van der Waals surface area contributed by atoms with Crippen LogP contribution in [0.1, 0.15) is 37.2 Å². The molecule has 0 aromatic carbocycles. The van der Waals surface area contributed by atoms with Crippen LogP contribution >= 0.6 is 0 Å². The Hall–Kier alpha value is -1.46. The molecule has 0 bridgehead atoms. The summed E-state index contributed by atoms with van der Waals surface area (Å²) in [6.07, 6.45) is 6.03. The second-order valence-corrected chi connectivity index (χ2v) is 5.91. The van der Waals surface area contributed by atoms with Crippen molar-refractivity contribution in [2.24, 2.45) is 5.92 Å². The first-order chi connectivity index (χ1) is 10.3. The third kappa shape index (κ3) is 3.80. The highest BCUT2D eigenvalue weighted by Gasteiger charge is 2.30. The van der Waals surface area contributed by atoms with Gasteiger partial charge in [-0.15, -0.1) is 0 Å². The predicted octanol–water partition coefficient (Wildman–Crippen LogP) is 2.34. The Morgan fingerprint density at radius 1 is 1.43 bits per heavy atom. The first-order valence-electron chi connectivity index (χ1n) is 7.63. The van der Waals surface area contributed by atoms with Gasteiger partial charge in [-0.1, -0.05) is 6.07 Å². The highest BCUT2D eigenvalue weighted by atomic mass is 16.5. The summed E-state index contributed by atoms with van der Waals surface area (Å²) in [7, 11) is 1.70. The molecular formula is C16H22N2O3. The van der Waals surface area contributed by atoms with Crippen molar-refractivity contribution in [3.8, 4) is 0 Å². The number of methoxy groups -OCH3 is 1. The monoisotopic (exact) mass is 290 g/mol. The zero-order valence-corrected chi connectivity index (χ0v) is 12.4. The highest BCUT2D eigenvalue weighted by Crippen LogP contribution is 2.31. The van der Waals surface area contributed by atoms with Gasteiger partial charge in [0.25, 0.3) is 0 Å². The zero-order chi connectivity index (χ0) is 14.7. The first-order valence-corrected chi connectivity index (χ1v) is 7.63. The standard InChI is InChI=1S/C16H22N2O3/c1-20-10-14-8-12(6-7-21-14)13-4-5-15(17-9-13)18-16(19)11-2-3-11/h4-5,9,11-12,14H,2-3,6-8,10H2,1H3,(H,17,18,19). The van der Waals surface area contributed by atoms with Crippen molar-refractivity contribution in [1.29, 1.82) is 0 Å². The number of carbonyl (C=O) groups is 1. The molecule has 2 fully saturated rings. The van der Waals surface area contributed by atoms with Crippen molar-refractivity contribution in [3.05, 3.63) is 23.9 Å². The van der Waals surface area contributed by atoms with Gasteiger partial charge in [-0.3, -0.25) is 4.79 Å². The fourth-order valence-corrected chi connectivity index (χ4v) is 2.78. The second kappa shape index (κ2) is 6.54. The average Bonchev–Trinajstić information content (AvgIpc) is 3.33. The third-order valence-corrected chi connectivity index (χ3v) is 4.18. The molecule has 2 heterocycles. The van der Waals surface area contributed by atoms with Crippen LogP contribution in [-0.2, 0) is 14.3 Å². The van der Waals surface area contributed by atoms with E-state index < -0.39 is 0 Å². The zero-order valence-electron chi connectivity index (χ0n) is 12.4. The van der Waals surface area contributed by atoms with E-state index in [1.54, 1.807) is 7.11 Å². The van der Waals surface area contributed by atoms with Crippen molar-refractivity contribution >= 4 is 11.7 Å². The van der Waals surface area contributed by atoms with Crippen LogP contribution in [0.4, 0.5) is 5.82 Å². The molecule has 21 heavy (non-hydrogen) atoms. The van der Waals surface area contributed by atoms with Crippen LogP contribution in [0.2, 0.25) is 0 Å². The lowest BCUT2D eigenvalue weighted by Gasteiger charge is -2.29. The molecule has 0 spiro atoms. The lowest BCUT2D eigenvalue weighted by atomic mass is 9.90. The van der Waals surface area contributed by atoms with Gasteiger partial charge in [0.2, 0.25) is 5.91 Å². The maximum atomic E-state index is 11.7. The smallest absolute Gasteiger partial charge is 0.228 e. The minimum atomic E-state index is 0.0986. The molecule has 5 heteroatoms. The van der Waals surface area contributed by atoms with Crippen molar-refractivity contribution in [2.75, 3.05) is 25.6 Å². The minimum Gasteiger partial charge on any atom is -0.382 e. The molecule has 2 atom stereocenters.